The van der Waals surface area contributed by atoms with Crippen LogP contribution < -0.4 is 11.1 Å². The fourth-order valence-electron chi connectivity index (χ4n) is 1.79. The molecule has 0 aromatic carbocycles. The Bertz CT molecular complexity index is 431. The first-order valence-corrected chi connectivity index (χ1v) is 5.97. The number of rotatable bonds is 4. The molecule has 18 heavy (non-hydrogen) atoms. The summed E-state index contributed by atoms with van der Waals surface area (Å²) >= 11 is 0. The monoisotopic (exact) mass is 251 g/mol. The summed E-state index contributed by atoms with van der Waals surface area (Å²) in [6, 6.07) is 1.85. The van der Waals surface area contributed by atoms with Crippen molar-refractivity contribution in [2.45, 2.75) is 19.4 Å². The van der Waals surface area contributed by atoms with Crippen molar-refractivity contribution in [3.05, 3.63) is 17.8 Å². The first-order valence-electron chi connectivity index (χ1n) is 5.97. The zero-order chi connectivity index (χ0) is 13.0. The lowest BCUT2D eigenvalue weighted by Crippen LogP contribution is -2.20. The minimum absolute atomic E-state index is 0.233. The van der Waals surface area contributed by atoms with Gasteiger partial charge in [-0.25, -0.2) is 9.78 Å². The van der Waals surface area contributed by atoms with E-state index in [4.69, 9.17) is 15.2 Å². The van der Waals surface area contributed by atoms with Crippen molar-refractivity contribution in [3.8, 4) is 0 Å². The molecule has 0 saturated carbocycles. The Labute approximate surface area is 105 Å². The predicted octanol–water partition coefficient (Wildman–Crippen LogP) is 1.04. The van der Waals surface area contributed by atoms with Crippen molar-refractivity contribution in [1.82, 2.24) is 4.98 Å². The van der Waals surface area contributed by atoms with E-state index >= 15 is 0 Å². The lowest BCUT2D eigenvalue weighted by Gasteiger charge is -2.13. The Morgan fingerprint density at radius 1 is 1.72 bits per heavy atom. The van der Waals surface area contributed by atoms with Crippen molar-refractivity contribution in [3.63, 3.8) is 0 Å². The second kappa shape index (κ2) is 5.68. The van der Waals surface area contributed by atoms with Gasteiger partial charge in [-0.2, -0.15) is 0 Å². The third kappa shape index (κ3) is 2.89. The van der Waals surface area contributed by atoms with Crippen molar-refractivity contribution in [2.24, 2.45) is 0 Å². The average Bonchev–Trinajstić information content (AvgIpc) is 2.84. The molecule has 1 atom stereocenters. The van der Waals surface area contributed by atoms with E-state index in [1.54, 1.807) is 13.0 Å². The van der Waals surface area contributed by atoms with E-state index in [1.807, 2.05) is 0 Å². The Morgan fingerprint density at radius 3 is 3.22 bits per heavy atom. The van der Waals surface area contributed by atoms with Crippen LogP contribution in [0.5, 0.6) is 0 Å². The summed E-state index contributed by atoms with van der Waals surface area (Å²) in [5.41, 5.74) is 6.37. The average molecular weight is 251 g/mol. The molecule has 2 rings (SSSR count). The van der Waals surface area contributed by atoms with Crippen LogP contribution in [-0.4, -0.2) is 36.8 Å². The number of nitrogen functional groups attached to an aromatic ring is 1. The molecule has 0 bridgehead atoms. The fourth-order valence-corrected chi connectivity index (χ4v) is 1.79. The number of nitrogens with one attached hydrogen (secondary N) is 1. The number of esters is 1. The number of pyridine rings is 1. The van der Waals surface area contributed by atoms with Crippen LogP contribution in [0.4, 0.5) is 11.5 Å². The Hall–Kier alpha value is -1.82. The van der Waals surface area contributed by atoms with E-state index in [1.165, 1.54) is 6.20 Å². The molecule has 1 aliphatic rings. The summed E-state index contributed by atoms with van der Waals surface area (Å²) in [5, 5.41) is 3.21. The van der Waals surface area contributed by atoms with Gasteiger partial charge in [0.25, 0.3) is 0 Å². The van der Waals surface area contributed by atoms with E-state index in [0.29, 0.717) is 30.3 Å². The third-order valence-electron chi connectivity index (χ3n) is 2.71. The zero-order valence-corrected chi connectivity index (χ0v) is 10.3. The Kier molecular flexibility index (Phi) is 3.99. The second-order valence-corrected chi connectivity index (χ2v) is 4.08. The van der Waals surface area contributed by atoms with Gasteiger partial charge in [-0.1, -0.05) is 0 Å². The quantitative estimate of drug-likeness (QED) is 0.778. The summed E-state index contributed by atoms with van der Waals surface area (Å²) < 4.78 is 10.2. The second-order valence-electron chi connectivity index (χ2n) is 4.08. The smallest absolute Gasteiger partial charge is 0.340 e. The third-order valence-corrected chi connectivity index (χ3v) is 2.71. The molecule has 1 aliphatic heterocycles. The number of ether oxygens (including phenoxy) is 2. The topological polar surface area (TPSA) is 86.5 Å². The Morgan fingerprint density at radius 2 is 2.56 bits per heavy atom. The molecule has 1 aromatic heterocycles. The number of hydrogen-bond donors (Lipinski definition) is 2. The van der Waals surface area contributed by atoms with Gasteiger partial charge in [0.05, 0.1) is 36.7 Å². The van der Waals surface area contributed by atoms with Gasteiger partial charge in [-0.3, -0.25) is 0 Å². The molecule has 1 unspecified atom stereocenters. The maximum Gasteiger partial charge on any atom is 0.340 e. The molecule has 6 heteroatoms. The SMILES string of the molecule is CCOC(=O)c1cc(NC2CCOC2)ncc1N. The number of carbonyl (C=O) groups excluding carboxylic acids is 1. The normalized spacial score (nSPS) is 18.6. The molecule has 0 aliphatic carbocycles. The maximum absolute atomic E-state index is 11.7. The first kappa shape index (κ1) is 12.6. The predicted molar refractivity (Wildman–Crippen MR) is 67.5 cm³/mol. The summed E-state index contributed by atoms with van der Waals surface area (Å²) in [6.07, 6.45) is 2.39. The summed E-state index contributed by atoms with van der Waals surface area (Å²) in [5.74, 6) is 0.186. The highest BCUT2D eigenvalue weighted by atomic mass is 16.5. The summed E-state index contributed by atoms with van der Waals surface area (Å²) in [7, 11) is 0. The molecule has 3 N–H and O–H groups in total. The first-order chi connectivity index (χ1) is 8.70. The van der Waals surface area contributed by atoms with Gasteiger partial charge in [0, 0.05) is 6.61 Å². The number of nitrogens with two attached hydrogens (primary N) is 1. The number of aromatic nitrogens is 1. The highest BCUT2D eigenvalue weighted by Crippen LogP contribution is 2.18. The molecule has 1 saturated heterocycles. The largest absolute Gasteiger partial charge is 0.462 e. The molecule has 0 radical (unpaired) electrons. The standard InChI is InChI=1S/C12H17N3O3/c1-2-18-12(16)9-5-11(14-6-10(9)13)15-8-3-4-17-7-8/h5-6,8H,2-4,7,13H2,1H3,(H,14,15). The molecule has 0 amide bonds. The molecule has 98 valence electrons. The van der Waals surface area contributed by atoms with Gasteiger partial charge in [0.15, 0.2) is 0 Å². The van der Waals surface area contributed by atoms with Gasteiger partial charge in [0.1, 0.15) is 5.82 Å². The van der Waals surface area contributed by atoms with Gasteiger partial charge in [-0.15, -0.1) is 0 Å². The van der Waals surface area contributed by atoms with Crippen LogP contribution in [0.1, 0.15) is 23.7 Å². The molecule has 6 nitrogen and oxygen atoms in total. The van der Waals surface area contributed by atoms with Gasteiger partial charge in [0.2, 0.25) is 0 Å². The highest BCUT2D eigenvalue weighted by Gasteiger charge is 2.17. The van der Waals surface area contributed by atoms with Crippen molar-refractivity contribution in [2.75, 3.05) is 30.9 Å². The lowest BCUT2D eigenvalue weighted by atomic mass is 10.2. The number of anilines is 2. The fraction of sp³-hybridized carbons (Fsp3) is 0.500. The molecular weight excluding hydrogens is 234 g/mol. The van der Waals surface area contributed by atoms with Crippen LogP contribution in [0.15, 0.2) is 12.3 Å². The number of nitrogens with zero attached hydrogens (tertiary/aromatic N) is 1. The minimum Gasteiger partial charge on any atom is -0.462 e. The lowest BCUT2D eigenvalue weighted by molar-refractivity contribution is 0.0527. The van der Waals surface area contributed by atoms with E-state index in [-0.39, 0.29) is 6.04 Å². The van der Waals surface area contributed by atoms with E-state index in [9.17, 15) is 4.79 Å². The van der Waals surface area contributed by atoms with E-state index < -0.39 is 5.97 Å². The molecule has 1 aromatic rings. The van der Waals surface area contributed by atoms with Gasteiger partial charge >= 0.3 is 5.97 Å². The number of carbonyl (C=O) groups is 1. The van der Waals surface area contributed by atoms with Crippen molar-refractivity contribution >= 4 is 17.5 Å². The minimum atomic E-state index is -0.428. The van der Waals surface area contributed by atoms with Gasteiger partial charge in [-0.05, 0) is 19.4 Å². The Balaban J connectivity index is 2.12. The molecule has 0 spiro atoms. The van der Waals surface area contributed by atoms with Crippen LogP contribution in [0, 0.1) is 0 Å². The van der Waals surface area contributed by atoms with Crippen LogP contribution in [0.25, 0.3) is 0 Å². The molecule has 1 fully saturated rings. The summed E-state index contributed by atoms with van der Waals surface area (Å²) in [6.45, 7) is 3.47. The van der Waals surface area contributed by atoms with Gasteiger partial charge < -0.3 is 20.5 Å². The number of hydrogen-bond acceptors (Lipinski definition) is 6. The van der Waals surface area contributed by atoms with Crippen LogP contribution in [0.3, 0.4) is 0 Å². The van der Waals surface area contributed by atoms with E-state index in [2.05, 4.69) is 10.3 Å². The zero-order valence-electron chi connectivity index (χ0n) is 10.3. The van der Waals surface area contributed by atoms with Crippen molar-refractivity contribution in [1.29, 1.82) is 0 Å². The molecular formula is C12H17N3O3. The van der Waals surface area contributed by atoms with Crippen molar-refractivity contribution < 1.29 is 14.3 Å². The highest BCUT2D eigenvalue weighted by molar-refractivity contribution is 5.95. The van der Waals surface area contributed by atoms with Crippen LogP contribution in [-0.2, 0) is 9.47 Å². The summed E-state index contributed by atoms with van der Waals surface area (Å²) in [4.78, 5) is 15.8. The van der Waals surface area contributed by atoms with Crippen LogP contribution in [0.2, 0.25) is 0 Å². The van der Waals surface area contributed by atoms with Crippen LogP contribution >= 0.6 is 0 Å². The molecule has 2 heterocycles. The maximum atomic E-state index is 11.7. The van der Waals surface area contributed by atoms with E-state index in [0.717, 1.165) is 13.0 Å².